The van der Waals surface area contributed by atoms with Crippen molar-refractivity contribution in [3.63, 3.8) is 0 Å². The van der Waals surface area contributed by atoms with Crippen LogP contribution >= 0.6 is 0 Å². The molecule has 0 bridgehead atoms. The molecule has 1 heterocycles. The van der Waals surface area contributed by atoms with Gasteiger partial charge in [0.25, 0.3) is 11.6 Å². The maximum Gasteiger partial charge on any atom is 0.293 e. The van der Waals surface area contributed by atoms with Crippen molar-refractivity contribution in [2.24, 2.45) is 0 Å². The lowest BCUT2D eigenvalue weighted by molar-refractivity contribution is -0.383. The number of aromatic nitrogens is 1. The van der Waals surface area contributed by atoms with Crippen LogP contribution in [0.5, 0.6) is 0 Å². The summed E-state index contributed by atoms with van der Waals surface area (Å²) in [6.07, 6.45) is 1.33. The van der Waals surface area contributed by atoms with Crippen LogP contribution in [0.1, 0.15) is 10.4 Å². The number of nitrogens with zero attached hydrogens (tertiary/aromatic N) is 2. The predicted molar refractivity (Wildman–Crippen MR) is 74.1 cm³/mol. The van der Waals surface area contributed by atoms with Crippen LogP contribution in [0.2, 0.25) is 0 Å². The second-order valence-corrected chi connectivity index (χ2v) is 4.13. The number of carbonyl (C=O) groups is 1. The molecule has 3 N–H and O–H groups in total. The number of anilines is 1. The molecule has 1 aromatic heterocycles. The van der Waals surface area contributed by atoms with Crippen molar-refractivity contribution >= 4 is 17.3 Å². The maximum atomic E-state index is 13.8. The molecule has 0 aliphatic rings. The molecule has 0 atom stereocenters. The molecule has 0 spiro atoms. The van der Waals surface area contributed by atoms with Gasteiger partial charge in [-0.1, -0.05) is 0 Å². The van der Waals surface area contributed by atoms with E-state index in [0.717, 1.165) is 12.1 Å². The Morgan fingerprint density at radius 3 is 2.76 bits per heavy atom. The number of nitrogens with one attached hydrogen (secondary N) is 1. The first-order valence-electron chi connectivity index (χ1n) is 5.86. The highest BCUT2D eigenvalue weighted by atomic mass is 19.1. The molecular weight excluding hydrogens is 279 g/mol. The summed E-state index contributed by atoms with van der Waals surface area (Å²) in [7, 11) is 1.38. The molecule has 2 aromatic rings. The molecule has 108 valence electrons. The molecule has 0 fully saturated rings. The minimum absolute atomic E-state index is 0.000833. The number of nitro groups is 1. The van der Waals surface area contributed by atoms with Gasteiger partial charge in [-0.15, -0.1) is 0 Å². The molecule has 0 aliphatic carbocycles. The lowest BCUT2D eigenvalue weighted by atomic mass is 10.0. The summed E-state index contributed by atoms with van der Waals surface area (Å²) in [6.45, 7) is 0. The topological polar surface area (TPSA) is 111 Å². The van der Waals surface area contributed by atoms with Crippen molar-refractivity contribution in [1.29, 1.82) is 0 Å². The van der Waals surface area contributed by atoms with Crippen molar-refractivity contribution < 1.29 is 14.1 Å². The highest BCUT2D eigenvalue weighted by Gasteiger charge is 2.22. The first-order chi connectivity index (χ1) is 9.95. The fourth-order valence-corrected chi connectivity index (χ4v) is 1.84. The van der Waals surface area contributed by atoms with E-state index >= 15 is 0 Å². The molecule has 8 heteroatoms. The van der Waals surface area contributed by atoms with E-state index in [1.165, 1.54) is 25.4 Å². The highest BCUT2D eigenvalue weighted by molar-refractivity contribution is 5.98. The number of nitrogen functional groups attached to an aromatic ring is 1. The van der Waals surface area contributed by atoms with Crippen molar-refractivity contribution in [1.82, 2.24) is 10.3 Å². The molecule has 1 aromatic carbocycles. The van der Waals surface area contributed by atoms with E-state index in [9.17, 15) is 19.3 Å². The summed E-state index contributed by atoms with van der Waals surface area (Å²) >= 11 is 0. The Hall–Kier alpha value is -3.03. The highest BCUT2D eigenvalue weighted by Crippen LogP contribution is 2.34. The SMILES string of the molecule is CNC(=O)c1cc(-c2ncccc2F)c(N)c([N+](=O)[O-])c1. The molecule has 0 saturated heterocycles. The Balaban J connectivity index is 2.76. The Labute approximate surface area is 118 Å². The third-order valence-electron chi connectivity index (χ3n) is 2.86. The summed E-state index contributed by atoms with van der Waals surface area (Å²) in [6, 6.07) is 4.84. The van der Waals surface area contributed by atoms with Gasteiger partial charge in [-0.05, 0) is 18.2 Å². The Morgan fingerprint density at radius 2 is 2.19 bits per heavy atom. The minimum Gasteiger partial charge on any atom is -0.393 e. The van der Waals surface area contributed by atoms with Gasteiger partial charge in [-0.25, -0.2) is 4.39 Å². The first-order valence-corrected chi connectivity index (χ1v) is 5.86. The van der Waals surface area contributed by atoms with Gasteiger partial charge in [0.2, 0.25) is 0 Å². The van der Waals surface area contributed by atoms with E-state index in [4.69, 9.17) is 5.73 Å². The monoisotopic (exact) mass is 290 g/mol. The summed E-state index contributed by atoms with van der Waals surface area (Å²) in [5, 5.41) is 13.4. The maximum absolute atomic E-state index is 13.8. The van der Waals surface area contributed by atoms with Crippen LogP contribution in [0.3, 0.4) is 0 Å². The van der Waals surface area contributed by atoms with Gasteiger partial charge < -0.3 is 11.1 Å². The number of amides is 1. The van der Waals surface area contributed by atoms with E-state index in [-0.39, 0.29) is 22.5 Å². The Bertz CT molecular complexity index is 733. The number of carbonyl (C=O) groups excluding carboxylic acids is 1. The van der Waals surface area contributed by atoms with Gasteiger partial charge in [-0.2, -0.15) is 0 Å². The average Bonchev–Trinajstić information content (AvgIpc) is 2.47. The third-order valence-corrected chi connectivity index (χ3v) is 2.86. The van der Waals surface area contributed by atoms with Crippen LogP contribution in [0, 0.1) is 15.9 Å². The van der Waals surface area contributed by atoms with Gasteiger partial charge in [0, 0.05) is 30.4 Å². The number of nitro benzene ring substituents is 1. The quantitative estimate of drug-likeness (QED) is 0.508. The lowest BCUT2D eigenvalue weighted by Crippen LogP contribution is -2.18. The van der Waals surface area contributed by atoms with Gasteiger partial charge in [0.1, 0.15) is 17.2 Å². The van der Waals surface area contributed by atoms with Crippen LogP contribution in [0.4, 0.5) is 15.8 Å². The molecule has 1 amide bonds. The van der Waals surface area contributed by atoms with Crippen LogP contribution in [-0.4, -0.2) is 22.9 Å². The zero-order valence-electron chi connectivity index (χ0n) is 11.0. The zero-order valence-corrected chi connectivity index (χ0v) is 11.0. The summed E-state index contributed by atoms with van der Waals surface area (Å²) in [5.74, 6) is -1.23. The van der Waals surface area contributed by atoms with E-state index in [1.54, 1.807) is 0 Å². The molecule has 7 nitrogen and oxygen atoms in total. The molecule has 0 aliphatic heterocycles. The molecule has 0 radical (unpaired) electrons. The number of hydrogen-bond acceptors (Lipinski definition) is 5. The van der Waals surface area contributed by atoms with Gasteiger partial charge >= 0.3 is 0 Å². The third kappa shape index (κ3) is 2.64. The normalized spacial score (nSPS) is 10.2. The number of halogens is 1. The number of nitrogens with two attached hydrogens (primary N) is 1. The number of pyridine rings is 1. The fraction of sp³-hybridized carbons (Fsp3) is 0.0769. The van der Waals surface area contributed by atoms with E-state index < -0.39 is 22.3 Å². The Morgan fingerprint density at radius 1 is 1.48 bits per heavy atom. The van der Waals surface area contributed by atoms with Crippen LogP contribution in [0.25, 0.3) is 11.3 Å². The second kappa shape index (κ2) is 5.53. The lowest BCUT2D eigenvalue weighted by Gasteiger charge is -2.09. The molecule has 2 rings (SSSR count). The van der Waals surface area contributed by atoms with Crippen molar-refractivity contribution in [3.8, 4) is 11.3 Å². The van der Waals surface area contributed by atoms with E-state index in [1.807, 2.05) is 0 Å². The van der Waals surface area contributed by atoms with E-state index in [2.05, 4.69) is 10.3 Å². The zero-order chi connectivity index (χ0) is 15.6. The van der Waals surface area contributed by atoms with Gasteiger partial charge in [0.05, 0.1) is 4.92 Å². The Kier molecular flexibility index (Phi) is 3.79. The smallest absolute Gasteiger partial charge is 0.293 e. The molecular formula is C13H11FN4O3. The largest absolute Gasteiger partial charge is 0.393 e. The number of rotatable bonds is 3. The van der Waals surface area contributed by atoms with Crippen molar-refractivity contribution in [3.05, 3.63) is 52.0 Å². The van der Waals surface area contributed by atoms with Crippen molar-refractivity contribution in [2.75, 3.05) is 12.8 Å². The van der Waals surface area contributed by atoms with Crippen LogP contribution < -0.4 is 11.1 Å². The molecule has 0 saturated carbocycles. The van der Waals surface area contributed by atoms with Gasteiger partial charge in [-0.3, -0.25) is 19.9 Å². The van der Waals surface area contributed by atoms with Crippen LogP contribution in [-0.2, 0) is 0 Å². The van der Waals surface area contributed by atoms with Gasteiger partial charge in [0.15, 0.2) is 0 Å². The average molecular weight is 290 g/mol. The molecule has 0 unspecified atom stereocenters. The fourth-order valence-electron chi connectivity index (χ4n) is 1.84. The van der Waals surface area contributed by atoms with Crippen LogP contribution in [0.15, 0.2) is 30.5 Å². The van der Waals surface area contributed by atoms with E-state index in [0.29, 0.717) is 0 Å². The summed E-state index contributed by atoms with van der Waals surface area (Å²) in [4.78, 5) is 25.8. The second-order valence-electron chi connectivity index (χ2n) is 4.13. The first kappa shape index (κ1) is 14.4. The number of hydrogen-bond donors (Lipinski definition) is 2. The predicted octanol–water partition coefficient (Wildman–Crippen LogP) is 1.74. The van der Waals surface area contributed by atoms with Crippen molar-refractivity contribution in [2.45, 2.75) is 0 Å². The minimum atomic E-state index is -0.730. The molecule has 21 heavy (non-hydrogen) atoms. The standard InChI is InChI=1S/C13H11FN4O3/c1-16-13(19)7-5-8(11(15)10(6-7)18(20)21)12-9(14)3-2-4-17-12/h2-6H,15H2,1H3,(H,16,19). The number of benzene rings is 1. The summed E-state index contributed by atoms with van der Waals surface area (Å²) < 4.78 is 13.8. The summed E-state index contributed by atoms with van der Waals surface area (Å²) in [5.41, 5.74) is 4.84.